The van der Waals surface area contributed by atoms with Crippen molar-refractivity contribution in [3.05, 3.63) is 59.7 Å². The van der Waals surface area contributed by atoms with Gasteiger partial charge >= 0.3 is 0 Å². The predicted octanol–water partition coefficient (Wildman–Crippen LogP) is 5.18. The summed E-state index contributed by atoms with van der Waals surface area (Å²) in [5, 5.41) is 0. The standard InChI is InChI=1S/C17H20/c1-4-13(2)16-11-10-14(3)17(12-16)15-8-6-5-7-9-15/h5-13H,4H2,1-3H3. The van der Waals surface area contributed by atoms with Crippen LogP contribution in [0.5, 0.6) is 0 Å². The van der Waals surface area contributed by atoms with Crippen LogP contribution in [0.2, 0.25) is 0 Å². The maximum Gasteiger partial charge on any atom is -0.0152 e. The molecule has 0 aromatic heterocycles. The van der Waals surface area contributed by atoms with Gasteiger partial charge in [-0.05, 0) is 41.5 Å². The lowest BCUT2D eigenvalue weighted by atomic mass is 9.92. The van der Waals surface area contributed by atoms with Gasteiger partial charge in [0.05, 0.1) is 0 Å². The second kappa shape index (κ2) is 5.18. The van der Waals surface area contributed by atoms with Gasteiger partial charge in [-0.3, -0.25) is 0 Å². The first-order valence-corrected chi connectivity index (χ1v) is 6.38. The third-order valence-corrected chi connectivity index (χ3v) is 3.53. The lowest BCUT2D eigenvalue weighted by Gasteiger charge is -2.13. The molecule has 0 saturated heterocycles. The van der Waals surface area contributed by atoms with Crippen molar-refractivity contribution in [2.45, 2.75) is 33.1 Å². The minimum absolute atomic E-state index is 0.637. The molecule has 0 saturated carbocycles. The Labute approximate surface area is 104 Å². The molecule has 0 N–H and O–H groups in total. The summed E-state index contributed by atoms with van der Waals surface area (Å²) in [4.78, 5) is 0. The van der Waals surface area contributed by atoms with Gasteiger partial charge in [-0.15, -0.1) is 0 Å². The summed E-state index contributed by atoms with van der Waals surface area (Å²) in [5.74, 6) is 0.637. The van der Waals surface area contributed by atoms with E-state index in [4.69, 9.17) is 0 Å². The van der Waals surface area contributed by atoms with Crippen molar-refractivity contribution in [2.24, 2.45) is 0 Å². The molecule has 0 aliphatic rings. The summed E-state index contributed by atoms with van der Waals surface area (Å²) in [7, 11) is 0. The van der Waals surface area contributed by atoms with Crippen LogP contribution in [0.1, 0.15) is 37.3 Å². The molecule has 0 aliphatic carbocycles. The Morgan fingerprint density at radius 3 is 2.35 bits per heavy atom. The third kappa shape index (κ3) is 2.58. The van der Waals surface area contributed by atoms with E-state index in [1.165, 1.54) is 28.7 Å². The van der Waals surface area contributed by atoms with E-state index < -0.39 is 0 Å². The summed E-state index contributed by atoms with van der Waals surface area (Å²) < 4.78 is 0. The third-order valence-electron chi connectivity index (χ3n) is 3.53. The SMILES string of the molecule is CCC(C)c1ccc(C)c(-c2ccccc2)c1. The van der Waals surface area contributed by atoms with Crippen LogP contribution >= 0.6 is 0 Å². The van der Waals surface area contributed by atoms with Crippen molar-refractivity contribution in [1.29, 1.82) is 0 Å². The topological polar surface area (TPSA) is 0 Å². The van der Waals surface area contributed by atoms with Crippen LogP contribution in [0, 0.1) is 6.92 Å². The first-order chi connectivity index (χ1) is 8.22. The van der Waals surface area contributed by atoms with Gasteiger partial charge in [-0.1, -0.05) is 62.4 Å². The quantitative estimate of drug-likeness (QED) is 0.674. The van der Waals surface area contributed by atoms with Gasteiger partial charge in [0.1, 0.15) is 0 Å². The minimum Gasteiger partial charge on any atom is -0.0648 e. The smallest absolute Gasteiger partial charge is 0.0152 e. The van der Waals surface area contributed by atoms with Gasteiger partial charge in [-0.2, -0.15) is 0 Å². The average Bonchev–Trinajstić information content (AvgIpc) is 2.39. The zero-order valence-electron chi connectivity index (χ0n) is 10.9. The Balaban J connectivity index is 2.47. The summed E-state index contributed by atoms with van der Waals surface area (Å²) in [6.45, 7) is 6.72. The van der Waals surface area contributed by atoms with Gasteiger partial charge in [0, 0.05) is 0 Å². The molecular formula is C17H20. The number of aryl methyl sites for hydroxylation is 1. The van der Waals surface area contributed by atoms with Crippen LogP contribution in [-0.4, -0.2) is 0 Å². The molecule has 88 valence electrons. The number of hydrogen-bond acceptors (Lipinski definition) is 0. The number of rotatable bonds is 3. The fourth-order valence-electron chi connectivity index (χ4n) is 2.11. The molecule has 0 aliphatic heterocycles. The van der Waals surface area contributed by atoms with Crippen LogP contribution < -0.4 is 0 Å². The van der Waals surface area contributed by atoms with Crippen molar-refractivity contribution < 1.29 is 0 Å². The summed E-state index contributed by atoms with van der Waals surface area (Å²) >= 11 is 0. The zero-order chi connectivity index (χ0) is 12.3. The Kier molecular flexibility index (Phi) is 3.63. The molecule has 0 heteroatoms. The van der Waals surface area contributed by atoms with Crippen LogP contribution in [0.3, 0.4) is 0 Å². The lowest BCUT2D eigenvalue weighted by Crippen LogP contribution is -1.93. The normalized spacial score (nSPS) is 12.4. The Morgan fingerprint density at radius 1 is 1.00 bits per heavy atom. The molecule has 0 amide bonds. The van der Waals surface area contributed by atoms with E-state index in [0.717, 1.165) is 0 Å². The molecule has 0 nitrogen and oxygen atoms in total. The van der Waals surface area contributed by atoms with Gasteiger partial charge in [0.2, 0.25) is 0 Å². The number of hydrogen-bond donors (Lipinski definition) is 0. The van der Waals surface area contributed by atoms with Gasteiger partial charge < -0.3 is 0 Å². The first kappa shape index (κ1) is 11.9. The van der Waals surface area contributed by atoms with Gasteiger partial charge in [-0.25, -0.2) is 0 Å². The minimum atomic E-state index is 0.637. The first-order valence-electron chi connectivity index (χ1n) is 6.38. The van der Waals surface area contributed by atoms with Crippen molar-refractivity contribution in [1.82, 2.24) is 0 Å². The van der Waals surface area contributed by atoms with E-state index in [2.05, 4.69) is 69.3 Å². The molecule has 0 bridgehead atoms. The molecule has 2 aromatic carbocycles. The fourth-order valence-corrected chi connectivity index (χ4v) is 2.11. The molecule has 0 fully saturated rings. The summed E-state index contributed by atoms with van der Waals surface area (Å²) in [6, 6.07) is 17.5. The Morgan fingerprint density at radius 2 is 1.71 bits per heavy atom. The van der Waals surface area contributed by atoms with E-state index in [1.807, 2.05) is 0 Å². The Hall–Kier alpha value is -1.56. The monoisotopic (exact) mass is 224 g/mol. The molecule has 1 unspecified atom stereocenters. The van der Waals surface area contributed by atoms with Gasteiger partial charge in [0.15, 0.2) is 0 Å². The van der Waals surface area contributed by atoms with Crippen LogP contribution in [0.25, 0.3) is 11.1 Å². The zero-order valence-corrected chi connectivity index (χ0v) is 10.9. The van der Waals surface area contributed by atoms with Crippen LogP contribution in [0.15, 0.2) is 48.5 Å². The van der Waals surface area contributed by atoms with E-state index in [1.54, 1.807) is 0 Å². The highest BCUT2D eigenvalue weighted by atomic mass is 14.1. The molecule has 0 heterocycles. The highest BCUT2D eigenvalue weighted by molar-refractivity contribution is 5.68. The Bertz CT molecular complexity index is 483. The molecule has 0 spiro atoms. The van der Waals surface area contributed by atoms with E-state index in [9.17, 15) is 0 Å². The van der Waals surface area contributed by atoms with E-state index in [-0.39, 0.29) is 0 Å². The molecule has 1 atom stereocenters. The maximum atomic E-state index is 2.35. The predicted molar refractivity (Wildman–Crippen MR) is 75.3 cm³/mol. The van der Waals surface area contributed by atoms with Crippen molar-refractivity contribution in [3.63, 3.8) is 0 Å². The molecular weight excluding hydrogens is 204 g/mol. The second-order valence-corrected chi connectivity index (χ2v) is 4.75. The lowest BCUT2D eigenvalue weighted by molar-refractivity contribution is 0.733. The molecule has 2 aromatic rings. The number of benzene rings is 2. The maximum absolute atomic E-state index is 2.35. The molecule has 0 radical (unpaired) electrons. The van der Waals surface area contributed by atoms with E-state index >= 15 is 0 Å². The molecule has 2 rings (SSSR count). The highest BCUT2D eigenvalue weighted by Crippen LogP contribution is 2.28. The van der Waals surface area contributed by atoms with Gasteiger partial charge in [0.25, 0.3) is 0 Å². The largest absolute Gasteiger partial charge is 0.0648 e. The average molecular weight is 224 g/mol. The van der Waals surface area contributed by atoms with Crippen molar-refractivity contribution >= 4 is 0 Å². The van der Waals surface area contributed by atoms with E-state index in [0.29, 0.717) is 5.92 Å². The fraction of sp³-hybridized carbons (Fsp3) is 0.294. The highest BCUT2D eigenvalue weighted by Gasteiger charge is 2.07. The van der Waals surface area contributed by atoms with Crippen molar-refractivity contribution in [3.8, 4) is 11.1 Å². The van der Waals surface area contributed by atoms with Crippen LogP contribution in [0.4, 0.5) is 0 Å². The molecule has 17 heavy (non-hydrogen) atoms. The second-order valence-electron chi connectivity index (χ2n) is 4.75. The van der Waals surface area contributed by atoms with Crippen molar-refractivity contribution in [2.75, 3.05) is 0 Å². The summed E-state index contributed by atoms with van der Waals surface area (Å²) in [6.07, 6.45) is 1.19. The van der Waals surface area contributed by atoms with Crippen LogP contribution in [-0.2, 0) is 0 Å². The summed E-state index contributed by atoms with van der Waals surface area (Å²) in [5.41, 5.74) is 5.47.